The summed E-state index contributed by atoms with van der Waals surface area (Å²) in [4.78, 5) is 28.9. The lowest BCUT2D eigenvalue weighted by Crippen LogP contribution is -2.33. The lowest BCUT2D eigenvalue weighted by molar-refractivity contribution is 0.0944. The van der Waals surface area contributed by atoms with Gasteiger partial charge in [0.1, 0.15) is 5.75 Å². The third kappa shape index (κ3) is 2.99. The van der Waals surface area contributed by atoms with E-state index >= 15 is 0 Å². The summed E-state index contributed by atoms with van der Waals surface area (Å²) in [5.74, 6) is 0.214. The summed E-state index contributed by atoms with van der Waals surface area (Å²) in [6.45, 7) is 0.285. The van der Waals surface area contributed by atoms with Crippen molar-refractivity contribution in [2.75, 3.05) is 7.11 Å². The highest BCUT2D eigenvalue weighted by atomic mass is 16.5. The minimum Gasteiger partial charge on any atom is -0.497 e. The Morgan fingerprint density at radius 2 is 2.00 bits per heavy atom. The highest BCUT2D eigenvalue weighted by Crippen LogP contribution is 2.12. The number of hydrogen-bond acceptors (Lipinski definition) is 4. The molecule has 1 amide bonds. The Hall–Kier alpha value is -3.15. The van der Waals surface area contributed by atoms with Gasteiger partial charge in [-0.15, -0.1) is 0 Å². The highest BCUT2D eigenvalue weighted by Gasteiger charge is 2.15. The molecular weight excluding hydrogens is 306 g/mol. The van der Waals surface area contributed by atoms with E-state index in [1.54, 1.807) is 26.3 Å². The Morgan fingerprint density at radius 1 is 1.21 bits per heavy atom. The summed E-state index contributed by atoms with van der Waals surface area (Å²) in [6.07, 6.45) is 0. The van der Waals surface area contributed by atoms with Gasteiger partial charge in [-0.05, 0) is 29.8 Å². The molecule has 0 spiro atoms. The van der Waals surface area contributed by atoms with Crippen LogP contribution in [0, 0.1) is 0 Å². The zero-order chi connectivity index (χ0) is 17.1. The Balaban J connectivity index is 1.86. The number of ether oxygens (including phenoxy) is 1. The molecule has 0 saturated carbocycles. The first-order valence-corrected chi connectivity index (χ1v) is 7.47. The number of carbonyl (C=O) groups excluding carboxylic acids is 1. The second-order valence-corrected chi connectivity index (χ2v) is 5.35. The van der Waals surface area contributed by atoms with Gasteiger partial charge in [-0.3, -0.25) is 9.59 Å². The van der Waals surface area contributed by atoms with Crippen molar-refractivity contribution in [3.8, 4) is 5.75 Å². The van der Waals surface area contributed by atoms with Crippen molar-refractivity contribution in [2.45, 2.75) is 6.54 Å². The van der Waals surface area contributed by atoms with E-state index in [0.717, 1.165) is 5.56 Å². The van der Waals surface area contributed by atoms with Gasteiger partial charge in [0.25, 0.3) is 11.5 Å². The molecular formula is C18H17N3O3. The highest BCUT2D eigenvalue weighted by molar-refractivity contribution is 5.93. The standard InChI is InChI=1S/C18H17N3O3/c1-21-15-9-4-3-8-14(15)20-16(18(21)23)17(22)19-11-12-6-5-7-13(10-12)24-2/h3-10H,11H2,1-2H3,(H,19,22). The average molecular weight is 323 g/mol. The zero-order valence-electron chi connectivity index (χ0n) is 13.4. The summed E-state index contributed by atoms with van der Waals surface area (Å²) < 4.78 is 6.58. The van der Waals surface area contributed by atoms with Gasteiger partial charge in [-0.1, -0.05) is 24.3 Å². The van der Waals surface area contributed by atoms with Crippen LogP contribution in [0.2, 0.25) is 0 Å². The largest absolute Gasteiger partial charge is 0.497 e. The molecule has 0 fully saturated rings. The van der Waals surface area contributed by atoms with Crippen LogP contribution in [-0.4, -0.2) is 22.6 Å². The number of nitrogens with zero attached hydrogens (tertiary/aromatic N) is 2. The van der Waals surface area contributed by atoms with E-state index < -0.39 is 11.5 Å². The SMILES string of the molecule is COc1cccc(CNC(=O)c2nc3ccccc3n(C)c2=O)c1. The van der Waals surface area contributed by atoms with E-state index in [2.05, 4.69) is 10.3 Å². The Morgan fingerprint density at radius 3 is 2.79 bits per heavy atom. The van der Waals surface area contributed by atoms with Crippen molar-refractivity contribution in [1.82, 2.24) is 14.9 Å². The second kappa shape index (κ2) is 6.54. The minimum absolute atomic E-state index is 0.112. The predicted molar refractivity (Wildman–Crippen MR) is 91.1 cm³/mol. The molecule has 0 saturated heterocycles. The molecule has 0 unspecified atom stereocenters. The third-order valence-corrected chi connectivity index (χ3v) is 3.78. The topological polar surface area (TPSA) is 73.2 Å². The molecule has 122 valence electrons. The molecule has 0 aliphatic rings. The normalized spacial score (nSPS) is 10.6. The number of benzene rings is 2. The van der Waals surface area contributed by atoms with Gasteiger partial charge in [0, 0.05) is 13.6 Å². The fourth-order valence-electron chi connectivity index (χ4n) is 2.48. The van der Waals surface area contributed by atoms with Crippen LogP contribution in [0.1, 0.15) is 16.1 Å². The van der Waals surface area contributed by atoms with E-state index in [9.17, 15) is 9.59 Å². The van der Waals surface area contributed by atoms with Gasteiger partial charge in [-0.25, -0.2) is 4.98 Å². The van der Waals surface area contributed by atoms with Gasteiger partial charge < -0.3 is 14.6 Å². The van der Waals surface area contributed by atoms with Crippen LogP contribution in [0.25, 0.3) is 11.0 Å². The van der Waals surface area contributed by atoms with Crippen LogP contribution in [0.3, 0.4) is 0 Å². The van der Waals surface area contributed by atoms with Crippen molar-refractivity contribution in [3.05, 3.63) is 70.1 Å². The van der Waals surface area contributed by atoms with Crippen LogP contribution in [0.4, 0.5) is 0 Å². The minimum atomic E-state index is -0.496. The molecule has 1 N–H and O–H groups in total. The number of carbonyl (C=O) groups is 1. The number of aryl methyl sites for hydroxylation is 1. The number of fused-ring (bicyclic) bond motifs is 1. The molecule has 6 heteroatoms. The van der Waals surface area contributed by atoms with Crippen LogP contribution in [-0.2, 0) is 13.6 Å². The Kier molecular flexibility index (Phi) is 4.29. The van der Waals surface area contributed by atoms with Crippen LogP contribution in [0.15, 0.2) is 53.3 Å². The fraction of sp³-hybridized carbons (Fsp3) is 0.167. The first-order chi connectivity index (χ1) is 11.6. The molecule has 0 atom stereocenters. The van der Waals surface area contributed by atoms with Gasteiger partial charge in [0.05, 0.1) is 18.1 Å². The van der Waals surface area contributed by atoms with E-state index in [0.29, 0.717) is 16.8 Å². The van der Waals surface area contributed by atoms with Gasteiger partial charge in [0.15, 0.2) is 5.69 Å². The summed E-state index contributed by atoms with van der Waals surface area (Å²) in [7, 11) is 3.21. The van der Waals surface area contributed by atoms with Crippen molar-refractivity contribution in [3.63, 3.8) is 0 Å². The molecule has 3 rings (SSSR count). The lowest BCUT2D eigenvalue weighted by atomic mass is 10.2. The molecule has 2 aromatic carbocycles. The monoisotopic (exact) mass is 323 g/mol. The second-order valence-electron chi connectivity index (χ2n) is 5.35. The number of para-hydroxylation sites is 2. The lowest BCUT2D eigenvalue weighted by Gasteiger charge is -2.09. The smallest absolute Gasteiger partial charge is 0.282 e. The van der Waals surface area contributed by atoms with Crippen LogP contribution in [0.5, 0.6) is 5.75 Å². The first-order valence-electron chi connectivity index (χ1n) is 7.47. The van der Waals surface area contributed by atoms with E-state index in [4.69, 9.17) is 4.74 Å². The summed E-state index contributed by atoms with van der Waals surface area (Å²) in [6, 6.07) is 14.6. The maximum absolute atomic E-state index is 12.4. The Bertz CT molecular complexity index is 963. The number of hydrogen-bond donors (Lipinski definition) is 1. The van der Waals surface area contributed by atoms with Crippen molar-refractivity contribution >= 4 is 16.9 Å². The summed E-state index contributed by atoms with van der Waals surface area (Å²) >= 11 is 0. The molecule has 3 aromatic rings. The number of methoxy groups -OCH3 is 1. The molecule has 0 bridgehead atoms. The van der Waals surface area contributed by atoms with Crippen molar-refractivity contribution in [1.29, 1.82) is 0 Å². The van der Waals surface area contributed by atoms with Crippen molar-refractivity contribution < 1.29 is 9.53 Å². The quantitative estimate of drug-likeness (QED) is 0.795. The van der Waals surface area contributed by atoms with Crippen LogP contribution >= 0.6 is 0 Å². The van der Waals surface area contributed by atoms with Crippen LogP contribution < -0.4 is 15.6 Å². The molecule has 6 nitrogen and oxygen atoms in total. The van der Waals surface area contributed by atoms with Crippen molar-refractivity contribution in [2.24, 2.45) is 7.05 Å². The Labute approximate surface area is 138 Å². The summed E-state index contributed by atoms with van der Waals surface area (Å²) in [5, 5.41) is 2.73. The predicted octanol–water partition coefficient (Wildman–Crippen LogP) is 1.87. The van der Waals surface area contributed by atoms with Gasteiger partial charge >= 0.3 is 0 Å². The molecule has 1 heterocycles. The van der Waals surface area contributed by atoms with Gasteiger partial charge in [0.2, 0.25) is 0 Å². The number of nitrogens with one attached hydrogen (secondary N) is 1. The molecule has 0 radical (unpaired) electrons. The van der Waals surface area contributed by atoms with Gasteiger partial charge in [-0.2, -0.15) is 0 Å². The number of amides is 1. The molecule has 0 aliphatic heterocycles. The van der Waals surface area contributed by atoms with E-state index in [1.165, 1.54) is 4.57 Å². The zero-order valence-corrected chi connectivity index (χ0v) is 13.4. The maximum atomic E-state index is 12.4. The summed E-state index contributed by atoms with van der Waals surface area (Å²) in [5.41, 5.74) is 1.63. The molecule has 24 heavy (non-hydrogen) atoms. The maximum Gasteiger partial charge on any atom is 0.282 e. The fourth-order valence-corrected chi connectivity index (χ4v) is 2.48. The number of rotatable bonds is 4. The van der Waals surface area contributed by atoms with E-state index in [1.807, 2.05) is 36.4 Å². The van der Waals surface area contributed by atoms with E-state index in [-0.39, 0.29) is 12.2 Å². The molecule has 1 aromatic heterocycles. The average Bonchev–Trinajstić information content (AvgIpc) is 2.63. The molecule has 0 aliphatic carbocycles. The number of aromatic nitrogens is 2. The first kappa shape index (κ1) is 15.7. The third-order valence-electron chi connectivity index (χ3n) is 3.78.